The van der Waals surface area contributed by atoms with E-state index in [-0.39, 0.29) is 18.0 Å². The van der Waals surface area contributed by atoms with Gasteiger partial charge in [-0.15, -0.1) is 0 Å². The maximum absolute atomic E-state index is 13.7. The van der Waals surface area contributed by atoms with E-state index in [0.29, 0.717) is 0 Å². The molecule has 2 aliphatic rings. The molecule has 1 aromatic carbocycles. The first-order valence-corrected chi connectivity index (χ1v) is 12.2. The highest BCUT2D eigenvalue weighted by atomic mass is 16.5. The number of aryl methyl sites for hydroxylation is 3. The number of methoxy groups -OCH3 is 1. The van der Waals surface area contributed by atoms with Crippen molar-refractivity contribution in [1.29, 1.82) is 0 Å². The summed E-state index contributed by atoms with van der Waals surface area (Å²) in [5, 5.41) is 4.87. The third-order valence-corrected chi connectivity index (χ3v) is 7.23. The van der Waals surface area contributed by atoms with Crippen LogP contribution in [-0.2, 0) is 0 Å². The summed E-state index contributed by atoms with van der Waals surface area (Å²) in [6.45, 7) is 8.50. The largest absolute Gasteiger partial charge is 0.496 e. The molecule has 2 aliphatic heterocycles. The Morgan fingerprint density at radius 2 is 1.88 bits per heavy atom. The number of nitrogens with zero attached hydrogens (tertiary/aromatic N) is 5. The first-order chi connectivity index (χ1) is 16.4. The van der Waals surface area contributed by atoms with Gasteiger partial charge in [0.2, 0.25) is 0 Å². The molecule has 2 N–H and O–H groups in total. The highest BCUT2D eigenvalue weighted by molar-refractivity contribution is 5.96. The van der Waals surface area contributed by atoms with Crippen molar-refractivity contribution in [2.75, 3.05) is 31.6 Å². The highest BCUT2D eigenvalue weighted by Crippen LogP contribution is 2.34. The van der Waals surface area contributed by atoms with Crippen molar-refractivity contribution in [1.82, 2.24) is 19.5 Å². The Hall–Kier alpha value is -3.13. The third-order valence-electron chi connectivity index (χ3n) is 7.23. The predicted octanol–water partition coefficient (Wildman–Crippen LogP) is 3.57. The van der Waals surface area contributed by atoms with Crippen LogP contribution in [0.3, 0.4) is 0 Å². The number of piperidine rings is 1. The van der Waals surface area contributed by atoms with Gasteiger partial charge < -0.3 is 20.3 Å². The minimum absolute atomic E-state index is 0.0564. The molecule has 0 spiro atoms. The minimum atomic E-state index is -0.0614. The number of aromatic nitrogens is 3. The van der Waals surface area contributed by atoms with Gasteiger partial charge in [0.25, 0.3) is 5.91 Å². The molecule has 0 saturated carbocycles. The number of likely N-dealkylation sites (tertiary alicyclic amines) is 1. The predicted molar refractivity (Wildman–Crippen MR) is 133 cm³/mol. The van der Waals surface area contributed by atoms with E-state index in [1.54, 1.807) is 7.11 Å². The fraction of sp³-hybridized carbons (Fsp3) is 0.500. The molecule has 0 radical (unpaired) electrons. The van der Waals surface area contributed by atoms with Crippen LogP contribution in [0.2, 0.25) is 0 Å². The zero-order chi connectivity index (χ0) is 24.0. The van der Waals surface area contributed by atoms with Gasteiger partial charge in [0.1, 0.15) is 11.6 Å². The highest BCUT2D eigenvalue weighted by Gasteiger charge is 2.32. The van der Waals surface area contributed by atoms with Crippen LogP contribution < -0.4 is 15.4 Å². The average Bonchev–Trinajstić information content (AvgIpc) is 3.44. The quantitative estimate of drug-likeness (QED) is 0.638. The zero-order valence-corrected chi connectivity index (χ0v) is 20.5. The van der Waals surface area contributed by atoms with Crippen molar-refractivity contribution in [2.24, 2.45) is 5.73 Å². The molecule has 1 amide bonds. The second kappa shape index (κ2) is 8.91. The van der Waals surface area contributed by atoms with Gasteiger partial charge in [0.05, 0.1) is 18.8 Å². The smallest absolute Gasteiger partial charge is 0.254 e. The Kier molecular flexibility index (Phi) is 5.93. The fourth-order valence-corrected chi connectivity index (χ4v) is 5.36. The number of carbonyl (C=O) groups excluding carboxylic acids is 1. The van der Waals surface area contributed by atoms with Crippen molar-refractivity contribution in [3.63, 3.8) is 0 Å². The third kappa shape index (κ3) is 4.00. The molecule has 2 aromatic heterocycles. The number of anilines is 1. The fourth-order valence-electron chi connectivity index (χ4n) is 5.36. The lowest BCUT2D eigenvalue weighted by atomic mass is 9.96. The molecule has 34 heavy (non-hydrogen) atoms. The lowest BCUT2D eigenvalue weighted by Gasteiger charge is -2.35. The van der Waals surface area contributed by atoms with Gasteiger partial charge in [-0.1, -0.05) is 0 Å². The summed E-state index contributed by atoms with van der Waals surface area (Å²) in [5.41, 5.74) is 11.5. The molecule has 3 aromatic rings. The van der Waals surface area contributed by atoms with Gasteiger partial charge in [0, 0.05) is 49.1 Å². The van der Waals surface area contributed by atoms with Gasteiger partial charge in [-0.2, -0.15) is 5.10 Å². The standard InChI is InChI=1S/C26H34N6O2/c1-16-12-23(34-4)17(2)11-20(16)26(33)31-9-6-5-7-22(31)21-13-24-28-25(18(3)14-32(24)29-21)30-10-8-19(27)15-30/h11-14,19,22H,5-10,15,27H2,1-4H3/t19-,22-/m0/s1. The van der Waals surface area contributed by atoms with E-state index in [4.69, 9.17) is 20.6 Å². The molecule has 2 saturated heterocycles. The van der Waals surface area contributed by atoms with Crippen LogP contribution in [0.15, 0.2) is 24.4 Å². The normalized spacial score (nSPS) is 20.9. The summed E-state index contributed by atoms with van der Waals surface area (Å²) in [6.07, 6.45) is 6.00. The average molecular weight is 463 g/mol. The van der Waals surface area contributed by atoms with Crippen molar-refractivity contribution in [3.05, 3.63) is 52.3 Å². The van der Waals surface area contributed by atoms with E-state index in [9.17, 15) is 4.79 Å². The van der Waals surface area contributed by atoms with Gasteiger partial charge in [-0.25, -0.2) is 9.50 Å². The number of ether oxygens (including phenoxy) is 1. The Balaban J connectivity index is 1.47. The first-order valence-electron chi connectivity index (χ1n) is 12.2. The number of carbonyl (C=O) groups is 1. The van der Waals surface area contributed by atoms with Gasteiger partial charge >= 0.3 is 0 Å². The zero-order valence-electron chi connectivity index (χ0n) is 20.5. The molecule has 0 aliphatic carbocycles. The van der Waals surface area contributed by atoms with Crippen LogP contribution in [-0.4, -0.2) is 58.2 Å². The molecule has 8 heteroatoms. The summed E-state index contributed by atoms with van der Waals surface area (Å²) >= 11 is 0. The lowest BCUT2D eigenvalue weighted by molar-refractivity contribution is 0.0605. The molecule has 0 unspecified atom stereocenters. The number of fused-ring (bicyclic) bond motifs is 1. The molecule has 2 atom stereocenters. The minimum Gasteiger partial charge on any atom is -0.496 e. The Bertz CT molecular complexity index is 1240. The number of benzene rings is 1. The summed E-state index contributed by atoms with van der Waals surface area (Å²) in [7, 11) is 1.66. The number of hydrogen-bond donors (Lipinski definition) is 1. The van der Waals surface area contributed by atoms with E-state index in [1.165, 1.54) is 0 Å². The van der Waals surface area contributed by atoms with Crippen molar-refractivity contribution < 1.29 is 9.53 Å². The maximum atomic E-state index is 13.7. The maximum Gasteiger partial charge on any atom is 0.254 e. The van der Waals surface area contributed by atoms with Crippen LogP contribution in [0, 0.1) is 20.8 Å². The second-order valence-electron chi connectivity index (χ2n) is 9.76. The SMILES string of the molecule is COc1cc(C)c(C(=O)N2CCCC[C@H]2c2cc3nc(N4CC[C@H](N)C4)c(C)cn3n2)cc1C. The first kappa shape index (κ1) is 22.7. The molecular weight excluding hydrogens is 428 g/mol. The second-order valence-corrected chi connectivity index (χ2v) is 9.76. The lowest BCUT2D eigenvalue weighted by Crippen LogP contribution is -2.39. The van der Waals surface area contributed by atoms with E-state index in [2.05, 4.69) is 11.8 Å². The van der Waals surface area contributed by atoms with Gasteiger partial charge in [-0.3, -0.25) is 4.79 Å². The Labute approximate surface area is 200 Å². The van der Waals surface area contributed by atoms with E-state index in [0.717, 1.165) is 90.5 Å². The van der Waals surface area contributed by atoms with E-state index < -0.39 is 0 Å². The summed E-state index contributed by atoms with van der Waals surface area (Å²) in [6, 6.07) is 6.08. The van der Waals surface area contributed by atoms with E-state index >= 15 is 0 Å². The van der Waals surface area contributed by atoms with Crippen LogP contribution >= 0.6 is 0 Å². The Morgan fingerprint density at radius 1 is 1.06 bits per heavy atom. The monoisotopic (exact) mass is 462 g/mol. The van der Waals surface area contributed by atoms with Crippen LogP contribution in [0.5, 0.6) is 5.75 Å². The topological polar surface area (TPSA) is 89.0 Å². The van der Waals surface area contributed by atoms with E-state index in [1.807, 2.05) is 47.7 Å². The molecule has 8 nitrogen and oxygen atoms in total. The van der Waals surface area contributed by atoms with Crippen LogP contribution in [0.4, 0.5) is 5.82 Å². The molecule has 2 fully saturated rings. The molecular formula is C26H34N6O2. The molecule has 180 valence electrons. The number of rotatable bonds is 4. The number of hydrogen-bond acceptors (Lipinski definition) is 6. The summed E-state index contributed by atoms with van der Waals surface area (Å²) in [5.74, 6) is 1.84. The summed E-state index contributed by atoms with van der Waals surface area (Å²) in [4.78, 5) is 22.9. The summed E-state index contributed by atoms with van der Waals surface area (Å²) < 4.78 is 7.29. The van der Waals surface area contributed by atoms with Crippen molar-refractivity contribution in [3.8, 4) is 5.75 Å². The van der Waals surface area contributed by atoms with Crippen LogP contribution in [0.25, 0.3) is 5.65 Å². The number of amides is 1. The molecule has 0 bridgehead atoms. The Morgan fingerprint density at radius 3 is 2.62 bits per heavy atom. The van der Waals surface area contributed by atoms with Crippen LogP contribution in [0.1, 0.15) is 64.5 Å². The van der Waals surface area contributed by atoms with Gasteiger partial charge in [-0.05, 0) is 69.7 Å². The van der Waals surface area contributed by atoms with Crippen molar-refractivity contribution >= 4 is 17.4 Å². The molecule has 5 rings (SSSR count). The number of nitrogens with two attached hydrogens (primary N) is 1. The van der Waals surface area contributed by atoms with Gasteiger partial charge in [0.15, 0.2) is 5.65 Å². The van der Waals surface area contributed by atoms with Crippen molar-refractivity contribution in [2.45, 2.75) is 58.5 Å². The molecule has 4 heterocycles.